The first kappa shape index (κ1) is 27.4. The Balaban J connectivity index is 1.77. The van der Waals surface area contributed by atoms with Crippen molar-refractivity contribution in [2.24, 2.45) is 5.73 Å². The second kappa shape index (κ2) is 11.7. The molecule has 0 radical (unpaired) electrons. The van der Waals surface area contributed by atoms with E-state index < -0.39 is 40.6 Å². The Labute approximate surface area is 211 Å². The van der Waals surface area contributed by atoms with Gasteiger partial charge in [0.25, 0.3) is 10.2 Å². The average molecular weight is 536 g/mol. The molecule has 1 heterocycles. The largest absolute Gasteiger partial charge is 0.490 e. The summed E-state index contributed by atoms with van der Waals surface area (Å²) in [5.41, 5.74) is 7.22. The van der Waals surface area contributed by atoms with Gasteiger partial charge in [-0.2, -0.15) is 17.9 Å². The fourth-order valence-corrected chi connectivity index (χ4v) is 4.45. The van der Waals surface area contributed by atoms with E-state index in [0.29, 0.717) is 41.8 Å². The molecule has 2 aromatic carbocycles. The summed E-state index contributed by atoms with van der Waals surface area (Å²) >= 11 is 0. The molecule has 0 spiro atoms. The highest BCUT2D eigenvalue weighted by Gasteiger charge is 2.26. The van der Waals surface area contributed by atoms with Gasteiger partial charge in [-0.25, -0.2) is 4.79 Å². The van der Waals surface area contributed by atoms with Crippen LogP contribution in [0.5, 0.6) is 11.5 Å². The number of benzene rings is 2. The fourth-order valence-electron chi connectivity index (χ4n) is 3.46. The fraction of sp³-hybridized carbons (Fsp3) is 0.273. The van der Waals surface area contributed by atoms with Crippen molar-refractivity contribution in [1.29, 1.82) is 5.41 Å². The summed E-state index contributed by atoms with van der Waals surface area (Å²) < 4.78 is 39.6. The van der Waals surface area contributed by atoms with Crippen molar-refractivity contribution in [1.82, 2.24) is 9.44 Å². The van der Waals surface area contributed by atoms with Crippen LogP contribution >= 0.6 is 0 Å². The molecule has 1 aliphatic rings. The standard InChI is InChI=1S/C22H25N5O9S/c23-22(24)26-14-4-5-15-13(9-14)2-1-7-35-17-6-3-12(8-18(17)36-21(15)32)11-25-37(33,34)27-16(20(30)31)10-19(28)29/h3-6,8-9,16,25,27H,1-2,7,10-11H2,(H,28,29)(H,30,31)(H4,23,24,26)/t16-/m0/s1. The van der Waals surface area contributed by atoms with Gasteiger partial charge in [0.15, 0.2) is 17.5 Å². The van der Waals surface area contributed by atoms with E-state index in [9.17, 15) is 22.8 Å². The average Bonchev–Trinajstić information content (AvgIpc) is 2.80. The lowest BCUT2D eigenvalue weighted by Crippen LogP contribution is -2.47. The number of fused-ring (bicyclic) bond motifs is 2. The van der Waals surface area contributed by atoms with E-state index in [1.807, 2.05) is 0 Å². The van der Waals surface area contributed by atoms with E-state index in [0.717, 1.165) is 0 Å². The number of esters is 1. The zero-order valence-corrected chi connectivity index (χ0v) is 20.1. The summed E-state index contributed by atoms with van der Waals surface area (Å²) in [6.45, 7) is -0.0271. The molecule has 0 aliphatic carbocycles. The van der Waals surface area contributed by atoms with Gasteiger partial charge in [0.2, 0.25) is 0 Å². The lowest BCUT2D eigenvalue weighted by Gasteiger charge is -2.18. The van der Waals surface area contributed by atoms with Crippen molar-refractivity contribution in [3.63, 3.8) is 0 Å². The van der Waals surface area contributed by atoms with Crippen LogP contribution in [0.15, 0.2) is 36.4 Å². The number of hydrogen-bond donors (Lipinski definition) is 7. The summed E-state index contributed by atoms with van der Waals surface area (Å²) in [6, 6.07) is 7.39. The molecule has 0 saturated carbocycles. The molecule has 0 unspecified atom stereocenters. The van der Waals surface area contributed by atoms with Crippen molar-refractivity contribution in [2.45, 2.75) is 31.8 Å². The van der Waals surface area contributed by atoms with Gasteiger partial charge in [-0.05, 0) is 54.3 Å². The molecule has 8 N–H and O–H groups in total. The Morgan fingerprint density at radius 3 is 2.57 bits per heavy atom. The number of aryl methyl sites for hydroxylation is 1. The number of rotatable bonds is 9. The summed E-state index contributed by atoms with van der Waals surface area (Å²) in [7, 11) is -4.39. The van der Waals surface area contributed by atoms with Crippen LogP contribution in [-0.4, -0.2) is 55.1 Å². The van der Waals surface area contributed by atoms with Crippen LogP contribution in [0, 0.1) is 5.41 Å². The van der Waals surface area contributed by atoms with Gasteiger partial charge in [-0.1, -0.05) is 6.07 Å². The third kappa shape index (κ3) is 7.89. The number of nitrogens with one attached hydrogen (secondary N) is 4. The second-order valence-corrected chi connectivity index (χ2v) is 9.50. The minimum Gasteiger partial charge on any atom is -0.490 e. The zero-order valence-electron chi connectivity index (χ0n) is 19.3. The molecule has 0 saturated heterocycles. The smallest absolute Gasteiger partial charge is 0.343 e. The lowest BCUT2D eigenvalue weighted by molar-refractivity contribution is -0.145. The number of nitrogens with two attached hydrogens (primary N) is 1. The first-order valence-corrected chi connectivity index (χ1v) is 12.3. The highest BCUT2D eigenvalue weighted by molar-refractivity contribution is 7.87. The van der Waals surface area contributed by atoms with Gasteiger partial charge in [0, 0.05) is 12.2 Å². The van der Waals surface area contributed by atoms with Crippen LogP contribution in [0.4, 0.5) is 5.69 Å². The number of carbonyl (C=O) groups is 3. The highest BCUT2D eigenvalue weighted by atomic mass is 32.2. The van der Waals surface area contributed by atoms with E-state index in [1.54, 1.807) is 22.9 Å². The molecule has 2 aromatic rings. The minimum atomic E-state index is -4.39. The number of ether oxygens (including phenoxy) is 2. The molecular formula is C22H25N5O9S. The number of aliphatic carboxylic acids is 2. The van der Waals surface area contributed by atoms with Crippen molar-refractivity contribution in [3.8, 4) is 11.5 Å². The maximum absolute atomic E-state index is 12.9. The number of anilines is 1. The van der Waals surface area contributed by atoms with Crippen LogP contribution in [0.1, 0.15) is 34.3 Å². The minimum absolute atomic E-state index is 0.0442. The van der Waals surface area contributed by atoms with E-state index in [1.165, 1.54) is 18.2 Å². The van der Waals surface area contributed by atoms with Crippen molar-refractivity contribution in [2.75, 3.05) is 11.9 Å². The van der Waals surface area contributed by atoms with Crippen LogP contribution in [0.3, 0.4) is 0 Å². The molecule has 0 fully saturated rings. The molecule has 0 bridgehead atoms. The van der Waals surface area contributed by atoms with Crippen molar-refractivity contribution >= 4 is 39.8 Å². The Morgan fingerprint density at radius 2 is 1.89 bits per heavy atom. The van der Waals surface area contributed by atoms with Crippen LogP contribution < -0.4 is 30.0 Å². The van der Waals surface area contributed by atoms with E-state index >= 15 is 0 Å². The molecule has 1 atom stereocenters. The molecule has 1 aliphatic heterocycles. The maximum atomic E-state index is 12.9. The summed E-state index contributed by atoms with van der Waals surface area (Å²) in [4.78, 5) is 34.9. The summed E-state index contributed by atoms with van der Waals surface area (Å²) in [5, 5.41) is 27.8. The molecule has 14 nitrogen and oxygen atoms in total. The first-order chi connectivity index (χ1) is 17.4. The summed E-state index contributed by atoms with van der Waals surface area (Å²) in [5.74, 6) is -3.74. The number of carboxylic acids is 2. The topological polar surface area (TPSA) is 230 Å². The predicted molar refractivity (Wildman–Crippen MR) is 130 cm³/mol. The van der Waals surface area contributed by atoms with Crippen LogP contribution in [0.25, 0.3) is 0 Å². The van der Waals surface area contributed by atoms with Gasteiger partial charge >= 0.3 is 17.9 Å². The van der Waals surface area contributed by atoms with Crippen molar-refractivity contribution in [3.05, 3.63) is 53.1 Å². The third-order valence-electron chi connectivity index (χ3n) is 5.10. The molecule has 15 heteroatoms. The number of carbonyl (C=O) groups excluding carboxylic acids is 1. The molecule has 0 amide bonds. The lowest BCUT2D eigenvalue weighted by atomic mass is 10.0. The number of guanidine groups is 1. The molecule has 198 valence electrons. The second-order valence-electron chi connectivity index (χ2n) is 7.96. The van der Waals surface area contributed by atoms with Crippen molar-refractivity contribution < 1.29 is 42.5 Å². The summed E-state index contributed by atoms with van der Waals surface area (Å²) in [6.07, 6.45) is 0.118. The highest BCUT2D eigenvalue weighted by Crippen LogP contribution is 2.31. The van der Waals surface area contributed by atoms with E-state index in [4.69, 9.17) is 30.8 Å². The predicted octanol–water partition coefficient (Wildman–Crippen LogP) is 0.388. The van der Waals surface area contributed by atoms with E-state index in [2.05, 4.69) is 10.0 Å². The third-order valence-corrected chi connectivity index (χ3v) is 6.22. The Bertz CT molecular complexity index is 1330. The van der Waals surface area contributed by atoms with Crippen LogP contribution in [0.2, 0.25) is 0 Å². The molecule has 3 rings (SSSR count). The van der Waals surface area contributed by atoms with E-state index in [-0.39, 0.29) is 24.0 Å². The number of carboxylic acid groups (broad SMARTS) is 2. The zero-order chi connectivity index (χ0) is 27.2. The monoisotopic (exact) mass is 535 g/mol. The van der Waals surface area contributed by atoms with Gasteiger partial charge in [0.05, 0.1) is 18.6 Å². The van der Waals surface area contributed by atoms with Gasteiger partial charge in [-0.15, -0.1) is 0 Å². The maximum Gasteiger partial charge on any atom is 0.343 e. The van der Waals surface area contributed by atoms with Gasteiger partial charge in [-0.3, -0.25) is 15.0 Å². The van der Waals surface area contributed by atoms with Gasteiger partial charge < -0.3 is 30.7 Å². The Hall–Kier alpha value is -4.21. The Morgan fingerprint density at radius 1 is 1.14 bits per heavy atom. The first-order valence-electron chi connectivity index (χ1n) is 10.9. The molecule has 0 aromatic heterocycles. The Kier molecular flexibility index (Phi) is 8.65. The number of hydrogen-bond acceptors (Lipinski definition) is 8. The SMILES string of the molecule is N=C(N)Nc1ccc2c(c1)CCCOc1ccc(CNS(=O)(=O)N[C@@H](CC(=O)O)C(=O)O)cc1OC2=O. The quantitative estimate of drug-likeness (QED) is 0.100. The van der Waals surface area contributed by atoms with Crippen LogP contribution in [-0.2, 0) is 32.8 Å². The normalized spacial score (nSPS) is 14.2. The molecular weight excluding hydrogens is 510 g/mol. The molecule has 37 heavy (non-hydrogen) atoms. The van der Waals surface area contributed by atoms with Gasteiger partial charge in [0.1, 0.15) is 6.04 Å².